The molecule has 0 aromatic heterocycles. The smallest absolute Gasteiger partial charge is 0.212 e. The maximum atomic E-state index is 12.0. The Kier molecular flexibility index (Phi) is 5.57. The van der Waals surface area contributed by atoms with E-state index in [0.717, 1.165) is 19.3 Å². The summed E-state index contributed by atoms with van der Waals surface area (Å²) in [5.41, 5.74) is 1.24. The third kappa shape index (κ3) is 5.23. The van der Waals surface area contributed by atoms with Crippen molar-refractivity contribution in [2.45, 2.75) is 32.2 Å². The second-order valence-corrected chi connectivity index (χ2v) is 7.35. The van der Waals surface area contributed by atoms with Crippen molar-refractivity contribution < 1.29 is 13.2 Å². The van der Waals surface area contributed by atoms with E-state index in [0.29, 0.717) is 13.2 Å². The molecule has 4 nitrogen and oxygen atoms in total. The molecule has 0 radical (unpaired) electrons. The Bertz CT molecular complexity index is 495. The summed E-state index contributed by atoms with van der Waals surface area (Å²) >= 11 is 0. The first kappa shape index (κ1) is 15.5. The van der Waals surface area contributed by atoms with E-state index in [1.54, 1.807) is 0 Å². The molecule has 112 valence electrons. The Labute approximate surface area is 121 Å². The van der Waals surface area contributed by atoms with Crippen LogP contribution in [0.5, 0.6) is 0 Å². The molecule has 1 aliphatic rings. The van der Waals surface area contributed by atoms with Gasteiger partial charge >= 0.3 is 0 Å². The zero-order valence-electron chi connectivity index (χ0n) is 11.9. The van der Waals surface area contributed by atoms with Crippen LogP contribution in [0.2, 0.25) is 0 Å². The standard InChI is InChI=1S/C15H23NO3S/c1-13(7-8-14-5-3-2-4-6-14)16-20(17,18)12-15-9-10-19-11-15/h2-6,13,15-16H,7-12H2,1H3/t13-,15+/m1/s1. The van der Waals surface area contributed by atoms with Gasteiger partial charge in [0.25, 0.3) is 0 Å². The van der Waals surface area contributed by atoms with Crippen molar-refractivity contribution in [2.75, 3.05) is 19.0 Å². The molecular weight excluding hydrogens is 274 g/mol. The molecule has 1 aromatic rings. The van der Waals surface area contributed by atoms with Crippen LogP contribution in [0.15, 0.2) is 30.3 Å². The summed E-state index contributed by atoms with van der Waals surface area (Å²) < 4.78 is 32.1. The molecule has 0 saturated carbocycles. The number of nitrogens with one attached hydrogen (secondary N) is 1. The average molecular weight is 297 g/mol. The molecule has 0 bridgehead atoms. The van der Waals surface area contributed by atoms with Crippen LogP contribution >= 0.6 is 0 Å². The lowest BCUT2D eigenvalue weighted by atomic mass is 10.1. The zero-order chi connectivity index (χ0) is 14.4. The summed E-state index contributed by atoms with van der Waals surface area (Å²) in [6, 6.07) is 10.1. The van der Waals surface area contributed by atoms with Crippen molar-refractivity contribution in [1.82, 2.24) is 4.72 Å². The Morgan fingerprint density at radius 3 is 2.75 bits per heavy atom. The Morgan fingerprint density at radius 2 is 2.10 bits per heavy atom. The molecule has 0 amide bonds. The van der Waals surface area contributed by atoms with Crippen LogP contribution in [0.3, 0.4) is 0 Å². The molecule has 1 aromatic carbocycles. The van der Waals surface area contributed by atoms with E-state index in [1.165, 1.54) is 5.56 Å². The van der Waals surface area contributed by atoms with Crippen molar-refractivity contribution in [2.24, 2.45) is 5.92 Å². The van der Waals surface area contributed by atoms with E-state index >= 15 is 0 Å². The van der Waals surface area contributed by atoms with Gasteiger partial charge in [-0.3, -0.25) is 0 Å². The highest BCUT2D eigenvalue weighted by atomic mass is 32.2. The van der Waals surface area contributed by atoms with Crippen LogP contribution in [0.25, 0.3) is 0 Å². The molecular formula is C15H23NO3S. The predicted molar refractivity (Wildman–Crippen MR) is 80.1 cm³/mol. The first-order valence-corrected chi connectivity index (χ1v) is 8.82. The fourth-order valence-corrected chi connectivity index (χ4v) is 4.18. The van der Waals surface area contributed by atoms with E-state index in [-0.39, 0.29) is 17.7 Å². The molecule has 0 aliphatic carbocycles. The zero-order valence-corrected chi connectivity index (χ0v) is 12.7. The van der Waals surface area contributed by atoms with Gasteiger partial charge in [0.2, 0.25) is 10.0 Å². The quantitative estimate of drug-likeness (QED) is 0.837. The lowest BCUT2D eigenvalue weighted by molar-refractivity contribution is 0.188. The second kappa shape index (κ2) is 7.20. The van der Waals surface area contributed by atoms with Crippen molar-refractivity contribution in [3.05, 3.63) is 35.9 Å². The highest BCUT2D eigenvalue weighted by Gasteiger charge is 2.24. The van der Waals surface area contributed by atoms with Crippen LogP contribution in [0.1, 0.15) is 25.3 Å². The van der Waals surface area contributed by atoms with E-state index in [1.807, 2.05) is 25.1 Å². The largest absolute Gasteiger partial charge is 0.381 e. The lowest BCUT2D eigenvalue weighted by Crippen LogP contribution is -2.36. The molecule has 1 saturated heterocycles. The molecule has 1 N–H and O–H groups in total. The second-order valence-electron chi connectivity index (χ2n) is 5.55. The highest BCUT2D eigenvalue weighted by molar-refractivity contribution is 7.89. The first-order chi connectivity index (χ1) is 9.55. The number of hydrogen-bond acceptors (Lipinski definition) is 3. The van der Waals surface area contributed by atoms with Gasteiger partial charge in [0.15, 0.2) is 0 Å². The van der Waals surface area contributed by atoms with Crippen LogP contribution < -0.4 is 4.72 Å². The van der Waals surface area contributed by atoms with Crippen molar-refractivity contribution >= 4 is 10.0 Å². The normalized spacial score (nSPS) is 20.9. The molecule has 5 heteroatoms. The number of benzene rings is 1. The third-order valence-electron chi connectivity index (χ3n) is 3.57. The summed E-state index contributed by atoms with van der Waals surface area (Å²) in [7, 11) is -3.20. The van der Waals surface area contributed by atoms with Gasteiger partial charge < -0.3 is 4.74 Å². The van der Waals surface area contributed by atoms with Crippen LogP contribution in [0, 0.1) is 5.92 Å². The van der Waals surface area contributed by atoms with Gasteiger partial charge in [0.1, 0.15) is 0 Å². The fourth-order valence-electron chi connectivity index (χ4n) is 2.47. The first-order valence-electron chi connectivity index (χ1n) is 7.17. The SMILES string of the molecule is C[C@H](CCc1ccccc1)NS(=O)(=O)C[C@H]1CCOC1. The van der Waals surface area contributed by atoms with Crippen LogP contribution in [0.4, 0.5) is 0 Å². The Balaban J connectivity index is 1.76. The summed E-state index contributed by atoms with van der Waals surface area (Å²) in [5, 5.41) is 0. The van der Waals surface area contributed by atoms with Gasteiger partial charge in [-0.1, -0.05) is 30.3 Å². The van der Waals surface area contributed by atoms with E-state index in [9.17, 15) is 8.42 Å². The molecule has 2 atom stereocenters. The van der Waals surface area contributed by atoms with E-state index in [2.05, 4.69) is 16.9 Å². The summed E-state index contributed by atoms with van der Waals surface area (Å²) in [5.74, 6) is 0.330. The highest BCUT2D eigenvalue weighted by Crippen LogP contribution is 2.14. The lowest BCUT2D eigenvalue weighted by Gasteiger charge is -2.16. The van der Waals surface area contributed by atoms with E-state index < -0.39 is 10.0 Å². The monoisotopic (exact) mass is 297 g/mol. The number of hydrogen-bond donors (Lipinski definition) is 1. The van der Waals surface area contributed by atoms with Gasteiger partial charge in [-0.25, -0.2) is 13.1 Å². The summed E-state index contributed by atoms with van der Waals surface area (Å²) in [6.45, 7) is 3.18. The molecule has 2 rings (SSSR count). The van der Waals surface area contributed by atoms with Gasteiger partial charge in [0, 0.05) is 12.6 Å². The van der Waals surface area contributed by atoms with Gasteiger partial charge in [-0.05, 0) is 37.7 Å². The molecule has 1 heterocycles. The number of ether oxygens (including phenoxy) is 1. The van der Waals surface area contributed by atoms with Gasteiger partial charge in [-0.15, -0.1) is 0 Å². The fraction of sp³-hybridized carbons (Fsp3) is 0.600. The van der Waals surface area contributed by atoms with Crippen molar-refractivity contribution in [1.29, 1.82) is 0 Å². The molecule has 1 aliphatic heterocycles. The van der Waals surface area contributed by atoms with Crippen LogP contribution in [-0.2, 0) is 21.2 Å². The van der Waals surface area contributed by atoms with Crippen molar-refractivity contribution in [3.8, 4) is 0 Å². The number of sulfonamides is 1. The van der Waals surface area contributed by atoms with Gasteiger partial charge in [0.05, 0.1) is 12.4 Å². The number of aryl methyl sites for hydroxylation is 1. The maximum Gasteiger partial charge on any atom is 0.212 e. The maximum absolute atomic E-state index is 12.0. The van der Waals surface area contributed by atoms with E-state index in [4.69, 9.17) is 4.74 Å². The average Bonchev–Trinajstić information content (AvgIpc) is 2.89. The minimum absolute atomic E-state index is 0.0393. The minimum Gasteiger partial charge on any atom is -0.381 e. The van der Waals surface area contributed by atoms with Crippen LogP contribution in [-0.4, -0.2) is 33.4 Å². The predicted octanol–water partition coefficient (Wildman–Crippen LogP) is 1.96. The number of rotatable bonds is 7. The van der Waals surface area contributed by atoms with Gasteiger partial charge in [-0.2, -0.15) is 0 Å². The molecule has 20 heavy (non-hydrogen) atoms. The molecule has 0 unspecified atom stereocenters. The molecule has 1 fully saturated rings. The molecule has 0 spiro atoms. The summed E-state index contributed by atoms with van der Waals surface area (Å²) in [6.07, 6.45) is 2.54. The minimum atomic E-state index is -3.20. The topological polar surface area (TPSA) is 55.4 Å². The third-order valence-corrected chi connectivity index (χ3v) is 5.24. The Hall–Kier alpha value is -0.910. The Morgan fingerprint density at radius 1 is 1.35 bits per heavy atom. The summed E-state index contributed by atoms with van der Waals surface area (Å²) in [4.78, 5) is 0. The van der Waals surface area contributed by atoms with Crippen molar-refractivity contribution in [3.63, 3.8) is 0 Å².